The van der Waals surface area contributed by atoms with Gasteiger partial charge in [-0.25, -0.2) is 8.42 Å². The minimum Gasteiger partial charge on any atom is -0.460 e. The third-order valence-corrected chi connectivity index (χ3v) is 5.26. The van der Waals surface area contributed by atoms with E-state index in [0.29, 0.717) is 6.54 Å². The molecule has 0 bridgehead atoms. The lowest BCUT2D eigenvalue weighted by Crippen LogP contribution is -2.46. The summed E-state index contributed by atoms with van der Waals surface area (Å²) in [7, 11) is -3.00. The molecule has 1 aliphatic rings. The Morgan fingerprint density at radius 1 is 1.56 bits per heavy atom. The first-order chi connectivity index (χ1) is 8.55. The third-order valence-electron chi connectivity index (χ3n) is 2.67. The Hall–Kier alpha value is -0.920. The van der Waals surface area contributed by atoms with Gasteiger partial charge in [0.2, 0.25) is 0 Å². The number of carbonyl (C=O) groups excluding carboxylic acids is 1. The van der Waals surface area contributed by atoms with E-state index < -0.39 is 9.84 Å². The second-order valence-corrected chi connectivity index (χ2v) is 7.47. The van der Waals surface area contributed by atoms with Crippen LogP contribution in [0.5, 0.6) is 0 Å². The van der Waals surface area contributed by atoms with Gasteiger partial charge >= 0.3 is 5.97 Å². The van der Waals surface area contributed by atoms with Crippen LogP contribution in [0.4, 0.5) is 0 Å². The van der Waals surface area contributed by atoms with Crippen molar-refractivity contribution in [1.82, 2.24) is 5.32 Å². The maximum atomic E-state index is 11.6. The molecular formula is C11H15NO4S2. The lowest BCUT2D eigenvalue weighted by molar-refractivity contribution is -0.145. The molecule has 2 heterocycles. The predicted molar refractivity (Wildman–Crippen MR) is 69.2 cm³/mol. The molecule has 1 fully saturated rings. The molecule has 1 saturated heterocycles. The average Bonchev–Trinajstić information content (AvgIpc) is 2.77. The molecule has 0 spiro atoms. The number of hydrogen-bond acceptors (Lipinski definition) is 6. The Balaban J connectivity index is 1.77. The minimum absolute atomic E-state index is 0.0150. The molecule has 1 aromatic rings. The zero-order valence-corrected chi connectivity index (χ0v) is 11.4. The van der Waals surface area contributed by atoms with E-state index in [-0.39, 0.29) is 36.5 Å². The topological polar surface area (TPSA) is 72.5 Å². The number of carbonyl (C=O) groups is 1. The van der Waals surface area contributed by atoms with Crippen molar-refractivity contribution in [2.45, 2.75) is 19.1 Å². The van der Waals surface area contributed by atoms with Gasteiger partial charge in [0.1, 0.15) is 6.61 Å². The van der Waals surface area contributed by atoms with E-state index in [9.17, 15) is 13.2 Å². The molecule has 0 aromatic carbocycles. The standard InChI is InChI=1S/C11H15NO4S2/c13-11(16-7-10-2-1-4-17-10)6-9-8-18(14,15)5-3-12-9/h1-2,4,9,12H,3,5-8H2. The van der Waals surface area contributed by atoms with Crippen molar-refractivity contribution < 1.29 is 17.9 Å². The molecule has 7 heteroatoms. The zero-order chi connectivity index (χ0) is 13.0. The highest BCUT2D eigenvalue weighted by atomic mass is 32.2. The highest BCUT2D eigenvalue weighted by Gasteiger charge is 2.26. The Morgan fingerprint density at radius 3 is 3.06 bits per heavy atom. The molecule has 0 amide bonds. The molecule has 100 valence electrons. The first kappa shape index (κ1) is 13.5. The molecule has 0 aliphatic carbocycles. The van der Waals surface area contributed by atoms with E-state index in [1.165, 1.54) is 11.3 Å². The van der Waals surface area contributed by atoms with Gasteiger partial charge in [-0.15, -0.1) is 11.3 Å². The van der Waals surface area contributed by atoms with Crippen molar-refractivity contribution >= 4 is 27.1 Å². The van der Waals surface area contributed by atoms with Crippen LogP contribution >= 0.6 is 11.3 Å². The molecule has 1 aromatic heterocycles. The number of nitrogens with one attached hydrogen (secondary N) is 1. The summed E-state index contributed by atoms with van der Waals surface area (Å²) < 4.78 is 27.9. The fourth-order valence-corrected chi connectivity index (χ4v) is 3.87. The quantitative estimate of drug-likeness (QED) is 0.820. The summed E-state index contributed by atoms with van der Waals surface area (Å²) >= 11 is 1.52. The Bertz CT molecular complexity index is 495. The van der Waals surface area contributed by atoms with Crippen LogP contribution in [0, 0.1) is 0 Å². The molecule has 1 N–H and O–H groups in total. The number of hydrogen-bond donors (Lipinski definition) is 1. The van der Waals surface area contributed by atoms with Crippen LogP contribution in [0.25, 0.3) is 0 Å². The Morgan fingerprint density at radius 2 is 2.39 bits per heavy atom. The SMILES string of the molecule is O=C(CC1CS(=O)(=O)CCN1)OCc1cccs1. The van der Waals surface area contributed by atoms with E-state index >= 15 is 0 Å². The van der Waals surface area contributed by atoms with E-state index in [4.69, 9.17) is 4.74 Å². The van der Waals surface area contributed by atoms with Crippen LogP contribution in [-0.2, 0) is 26.0 Å². The zero-order valence-electron chi connectivity index (χ0n) is 9.79. The first-order valence-electron chi connectivity index (χ1n) is 5.67. The molecule has 0 radical (unpaired) electrons. The largest absolute Gasteiger partial charge is 0.460 e. The number of sulfone groups is 1. The van der Waals surface area contributed by atoms with Gasteiger partial charge in [0.05, 0.1) is 17.9 Å². The van der Waals surface area contributed by atoms with Crippen molar-refractivity contribution in [3.05, 3.63) is 22.4 Å². The van der Waals surface area contributed by atoms with E-state index in [1.54, 1.807) is 0 Å². The van der Waals surface area contributed by atoms with Gasteiger partial charge in [-0.3, -0.25) is 4.79 Å². The Labute approximate surface area is 110 Å². The second-order valence-electron chi connectivity index (χ2n) is 4.21. The highest BCUT2D eigenvalue weighted by Crippen LogP contribution is 2.11. The van der Waals surface area contributed by atoms with Crippen LogP contribution < -0.4 is 5.32 Å². The normalized spacial score (nSPS) is 22.6. The van der Waals surface area contributed by atoms with Crippen molar-refractivity contribution in [3.8, 4) is 0 Å². The molecule has 2 rings (SSSR count). The van der Waals surface area contributed by atoms with Crippen LogP contribution in [0.3, 0.4) is 0 Å². The predicted octanol–water partition coefficient (Wildman–Crippen LogP) is 0.568. The number of thiophene rings is 1. The van der Waals surface area contributed by atoms with E-state index in [1.807, 2.05) is 17.5 Å². The monoisotopic (exact) mass is 289 g/mol. The average molecular weight is 289 g/mol. The molecule has 1 atom stereocenters. The maximum absolute atomic E-state index is 11.6. The summed E-state index contributed by atoms with van der Waals surface area (Å²) in [5.41, 5.74) is 0. The van der Waals surface area contributed by atoms with Gasteiger partial charge in [0.15, 0.2) is 9.84 Å². The summed E-state index contributed by atoms with van der Waals surface area (Å²) in [6.45, 7) is 0.668. The lowest BCUT2D eigenvalue weighted by Gasteiger charge is -2.22. The Kier molecular flexibility index (Phi) is 4.36. The summed E-state index contributed by atoms with van der Waals surface area (Å²) in [6, 6.07) is 3.46. The second kappa shape index (κ2) is 5.81. The fraction of sp³-hybridized carbons (Fsp3) is 0.545. The number of ether oxygens (including phenoxy) is 1. The van der Waals surface area contributed by atoms with Crippen LogP contribution in [0.1, 0.15) is 11.3 Å². The molecule has 1 aliphatic heterocycles. The minimum atomic E-state index is -3.00. The lowest BCUT2D eigenvalue weighted by atomic mass is 10.2. The number of rotatable bonds is 4. The van der Waals surface area contributed by atoms with Crippen molar-refractivity contribution in [2.24, 2.45) is 0 Å². The molecule has 0 saturated carbocycles. The molecular weight excluding hydrogens is 274 g/mol. The van der Waals surface area contributed by atoms with Gasteiger partial charge in [-0.2, -0.15) is 0 Å². The van der Waals surface area contributed by atoms with Gasteiger partial charge in [-0.1, -0.05) is 6.07 Å². The van der Waals surface area contributed by atoms with Gasteiger partial charge in [0, 0.05) is 17.5 Å². The van der Waals surface area contributed by atoms with E-state index in [0.717, 1.165) is 4.88 Å². The summed E-state index contributed by atoms with van der Waals surface area (Å²) in [4.78, 5) is 12.5. The summed E-state index contributed by atoms with van der Waals surface area (Å²) in [6.07, 6.45) is 0.102. The van der Waals surface area contributed by atoms with Crippen molar-refractivity contribution in [2.75, 3.05) is 18.1 Å². The van der Waals surface area contributed by atoms with Gasteiger partial charge in [-0.05, 0) is 11.4 Å². The third kappa shape index (κ3) is 4.08. The highest BCUT2D eigenvalue weighted by molar-refractivity contribution is 7.91. The van der Waals surface area contributed by atoms with Crippen LogP contribution in [0.2, 0.25) is 0 Å². The molecule has 18 heavy (non-hydrogen) atoms. The van der Waals surface area contributed by atoms with Gasteiger partial charge in [0.25, 0.3) is 0 Å². The summed E-state index contributed by atoms with van der Waals surface area (Å²) in [5.74, 6) is -0.201. The van der Waals surface area contributed by atoms with Crippen molar-refractivity contribution in [3.63, 3.8) is 0 Å². The number of esters is 1. The summed E-state index contributed by atoms with van der Waals surface area (Å²) in [5, 5.41) is 4.94. The molecule has 5 nitrogen and oxygen atoms in total. The smallest absolute Gasteiger partial charge is 0.307 e. The molecule has 1 unspecified atom stereocenters. The van der Waals surface area contributed by atoms with Crippen LogP contribution in [-0.4, -0.2) is 38.5 Å². The van der Waals surface area contributed by atoms with Gasteiger partial charge < -0.3 is 10.1 Å². The maximum Gasteiger partial charge on any atom is 0.307 e. The van der Waals surface area contributed by atoms with Crippen molar-refractivity contribution in [1.29, 1.82) is 0 Å². The van der Waals surface area contributed by atoms with Crippen LogP contribution in [0.15, 0.2) is 17.5 Å². The fourth-order valence-electron chi connectivity index (χ4n) is 1.80. The first-order valence-corrected chi connectivity index (χ1v) is 8.37. The van der Waals surface area contributed by atoms with E-state index in [2.05, 4.69) is 5.32 Å².